The minimum Gasteiger partial charge on any atom is -0.433 e. The Balaban J connectivity index is 2.26. The van der Waals surface area contributed by atoms with E-state index in [4.69, 9.17) is 0 Å². The average Bonchev–Trinajstić information content (AvgIpc) is 2.77. The largest absolute Gasteiger partial charge is 0.433 e. The van der Waals surface area contributed by atoms with E-state index in [1.807, 2.05) is 6.92 Å². The highest BCUT2D eigenvalue weighted by molar-refractivity contribution is 7.09. The number of nitrogens with zero attached hydrogens (tertiary/aromatic N) is 3. The summed E-state index contributed by atoms with van der Waals surface area (Å²) in [5, 5.41) is 0.647. The van der Waals surface area contributed by atoms with Crippen molar-refractivity contribution in [1.82, 2.24) is 14.3 Å². The van der Waals surface area contributed by atoms with Crippen LogP contribution in [-0.4, -0.2) is 21.0 Å². The number of hydrogen-bond acceptors (Lipinski definition) is 5. The van der Waals surface area contributed by atoms with E-state index >= 15 is 0 Å². The van der Waals surface area contributed by atoms with Crippen LogP contribution in [-0.2, 0) is 6.42 Å². The molecule has 2 heterocycles. The Labute approximate surface area is 100 Å². The normalized spacial score (nSPS) is 10.8. The molecule has 0 aliphatic carbocycles. The fraction of sp³-hybridized carbons (Fsp3) is 0.300. The topological polar surface area (TPSA) is 47.9 Å². The number of halogens is 2. The van der Waals surface area contributed by atoms with Crippen LogP contribution in [0.4, 0.5) is 8.78 Å². The third kappa shape index (κ3) is 2.94. The maximum Gasteiger partial charge on any atom is 0.387 e. The summed E-state index contributed by atoms with van der Waals surface area (Å²) in [5.41, 5.74) is 0.625. The molecule has 2 rings (SSSR count). The van der Waals surface area contributed by atoms with Gasteiger partial charge in [-0.25, -0.2) is 4.98 Å². The van der Waals surface area contributed by atoms with E-state index in [0.29, 0.717) is 10.6 Å². The Morgan fingerprint density at radius 1 is 1.41 bits per heavy atom. The molecule has 0 unspecified atom stereocenters. The first-order chi connectivity index (χ1) is 8.19. The molecule has 0 fully saturated rings. The zero-order valence-corrected chi connectivity index (χ0v) is 9.75. The second-order valence-electron chi connectivity index (χ2n) is 3.16. The van der Waals surface area contributed by atoms with Crippen LogP contribution in [0.2, 0.25) is 0 Å². The number of rotatable bonds is 4. The zero-order valence-electron chi connectivity index (χ0n) is 8.93. The third-order valence-electron chi connectivity index (χ3n) is 1.97. The van der Waals surface area contributed by atoms with Crippen LogP contribution in [0.5, 0.6) is 5.75 Å². The van der Waals surface area contributed by atoms with Gasteiger partial charge in [-0.2, -0.15) is 13.2 Å². The monoisotopic (exact) mass is 257 g/mol. The minimum absolute atomic E-state index is 0.0192. The van der Waals surface area contributed by atoms with Gasteiger partial charge in [0.15, 0.2) is 0 Å². The summed E-state index contributed by atoms with van der Waals surface area (Å²) >= 11 is 1.21. The van der Waals surface area contributed by atoms with Crippen LogP contribution in [0.1, 0.15) is 12.7 Å². The molecular formula is C10H9F2N3OS. The van der Waals surface area contributed by atoms with E-state index in [2.05, 4.69) is 19.1 Å². The second kappa shape index (κ2) is 5.13. The Morgan fingerprint density at radius 2 is 2.24 bits per heavy atom. The van der Waals surface area contributed by atoms with Gasteiger partial charge in [-0.15, -0.1) is 0 Å². The zero-order chi connectivity index (χ0) is 12.3. The van der Waals surface area contributed by atoms with Gasteiger partial charge in [0, 0.05) is 18.2 Å². The van der Waals surface area contributed by atoms with Gasteiger partial charge >= 0.3 is 6.61 Å². The molecule has 7 heteroatoms. The fourth-order valence-corrected chi connectivity index (χ4v) is 1.94. The molecule has 0 N–H and O–H groups in total. The number of aromatic nitrogens is 3. The lowest BCUT2D eigenvalue weighted by Gasteiger charge is -2.04. The summed E-state index contributed by atoms with van der Waals surface area (Å²) in [6.07, 6.45) is 3.51. The van der Waals surface area contributed by atoms with Gasteiger partial charge in [-0.05, 0) is 17.6 Å². The molecule has 0 spiro atoms. The Bertz CT molecular complexity index is 504. The summed E-state index contributed by atoms with van der Waals surface area (Å²) < 4.78 is 32.5. The molecule has 0 aromatic carbocycles. The van der Waals surface area contributed by atoms with Crippen molar-refractivity contribution < 1.29 is 13.5 Å². The van der Waals surface area contributed by atoms with Gasteiger partial charge in [0.2, 0.25) is 0 Å². The van der Waals surface area contributed by atoms with E-state index in [1.54, 1.807) is 0 Å². The molecule has 0 aliphatic rings. The first kappa shape index (κ1) is 11.8. The molecule has 4 nitrogen and oxygen atoms in total. The number of pyridine rings is 1. The van der Waals surface area contributed by atoms with Crippen LogP contribution in [0.3, 0.4) is 0 Å². The smallest absolute Gasteiger partial charge is 0.387 e. The quantitative estimate of drug-likeness (QED) is 0.845. The third-order valence-corrected chi connectivity index (χ3v) is 2.77. The number of ether oxygens (including phenoxy) is 1. The second-order valence-corrected chi connectivity index (χ2v) is 3.91. The molecule has 2 aromatic rings. The summed E-state index contributed by atoms with van der Waals surface area (Å²) in [7, 11) is 0. The lowest BCUT2D eigenvalue weighted by Crippen LogP contribution is -2.02. The molecule has 90 valence electrons. The van der Waals surface area contributed by atoms with Gasteiger partial charge in [0.25, 0.3) is 0 Å². The first-order valence-corrected chi connectivity index (χ1v) is 5.69. The molecule has 0 saturated heterocycles. The van der Waals surface area contributed by atoms with Gasteiger partial charge in [0.05, 0.1) is 6.20 Å². The maximum atomic E-state index is 12.0. The van der Waals surface area contributed by atoms with Gasteiger partial charge in [-0.1, -0.05) is 6.92 Å². The van der Waals surface area contributed by atoms with Crippen LogP contribution in [0, 0.1) is 0 Å². The van der Waals surface area contributed by atoms with Crippen LogP contribution >= 0.6 is 11.5 Å². The summed E-state index contributed by atoms with van der Waals surface area (Å²) in [6, 6.07) is 1.47. The molecule has 0 saturated carbocycles. The minimum atomic E-state index is -2.85. The Morgan fingerprint density at radius 3 is 2.88 bits per heavy atom. The van der Waals surface area contributed by atoms with Crippen molar-refractivity contribution in [2.24, 2.45) is 0 Å². The van der Waals surface area contributed by atoms with Crippen molar-refractivity contribution in [2.45, 2.75) is 20.0 Å². The van der Waals surface area contributed by atoms with Crippen molar-refractivity contribution in [3.8, 4) is 16.3 Å². The lowest BCUT2D eigenvalue weighted by molar-refractivity contribution is -0.0500. The number of hydrogen-bond donors (Lipinski definition) is 0. The van der Waals surface area contributed by atoms with E-state index in [9.17, 15) is 8.78 Å². The van der Waals surface area contributed by atoms with Crippen molar-refractivity contribution in [2.75, 3.05) is 0 Å². The van der Waals surface area contributed by atoms with E-state index in [-0.39, 0.29) is 5.75 Å². The Kier molecular flexibility index (Phi) is 3.58. The van der Waals surface area contributed by atoms with Crippen molar-refractivity contribution >= 4 is 11.5 Å². The van der Waals surface area contributed by atoms with Crippen molar-refractivity contribution in [1.29, 1.82) is 0 Å². The van der Waals surface area contributed by atoms with Crippen LogP contribution in [0.25, 0.3) is 10.6 Å². The van der Waals surface area contributed by atoms with Crippen LogP contribution in [0.15, 0.2) is 18.5 Å². The molecule has 0 atom stereocenters. The van der Waals surface area contributed by atoms with Crippen LogP contribution < -0.4 is 4.74 Å². The number of aryl methyl sites for hydroxylation is 1. The fourth-order valence-electron chi connectivity index (χ4n) is 1.22. The predicted molar refractivity (Wildman–Crippen MR) is 59.2 cm³/mol. The molecule has 0 radical (unpaired) electrons. The summed E-state index contributed by atoms with van der Waals surface area (Å²) in [6.45, 7) is -0.909. The maximum absolute atomic E-state index is 12.0. The van der Waals surface area contributed by atoms with E-state index in [0.717, 1.165) is 12.2 Å². The average molecular weight is 257 g/mol. The molecule has 17 heavy (non-hydrogen) atoms. The highest BCUT2D eigenvalue weighted by atomic mass is 32.1. The predicted octanol–water partition coefficient (Wildman–Crippen LogP) is 2.76. The highest BCUT2D eigenvalue weighted by Gasteiger charge is 2.09. The SMILES string of the molecule is CCc1nsc(-c2cncc(OC(F)F)c2)n1. The molecular weight excluding hydrogens is 248 g/mol. The van der Waals surface area contributed by atoms with E-state index < -0.39 is 6.61 Å². The van der Waals surface area contributed by atoms with Crippen molar-refractivity contribution in [3.05, 3.63) is 24.3 Å². The van der Waals surface area contributed by atoms with Gasteiger partial charge in [-0.3, -0.25) is 4.98 Å². The molecule has 0 aliphatic heterocycles. The highest BCUT2D eigenvalue weighted by Crippen LogP contribution is 2.24. The lowest BCUT2D eigenvalue weighted by atomic mass is 10.3. The molecule has 2 aromatic heterocycles. The first-order valence-electron chi connectivity index (χ1n) is 4.92. The van der Waals surface area contributed by atoms with Gasteiger partial charge in [0.1, 0.15) is 16.6 Å². The van der Waals surface area contributed by atoms with Gasteiger partial charge < -0.3 is 4.74 Å². The van der Waals surface area contributed by atoms with E-state index in [1.165, 1.54) is 30.0 Å². The van der Waals surface area contributed by atoms with Crippen molar-refractivity contribution in [3.63, 3.8) is 0 Å². The standard InChI is InChI=1S/C10H9F2N3OS/c1-2-8-14-9(17-15-8)6-3-7(5-13-4-6)16-10(11)12/h3-5,10H,2H2,1H3. The summed E-state index contributed by atoms with van der Waals surface area (Å²) in [4.78, 5) is 8.07. The Hall–Kier alpha value is -1.63. The molecule has 0 bridgehead atoms. The molecule has 0 amide bonds. The summed E-state index contributed by atoms with van der Waals surface area (Å²) in [5.74, 6) is 0.746. The number of alkyl halides is 2.